The molecule has 0 fully saturated rings. The quantitative estimate of drug-likeness (QED) is 0.136. The summed E-state index contributed by atoms with van der Waals surface area (Å²) in [6.45, 7) is 13.7. The molecule has 14 aromatic carbocycles. The summed E-state index contributed by atoms with van der Waals surface area (Å²) in [4.78, 5) is 4.86. The predicted octanol–water partition coefficient (Wildman–Crippen LogP) is 24.4. The third-order valence-electron chi connectivity index (χ3n) is 17.7. The van der Waals surface area contributed by atoms with Crippen LogP contribution < -0.4 is 9.80 Å². The van der Waals surface area contributed by atoms with Crippen LogP contribution >= 0.6 is 0 Å². The van der Waals surface area contributed by atoms with E-state index >= 15 is 0 Å². The molecule has 0 unspecified atom stereocenters. The van der Waals surface area contributed by atoms with E-state index in [0.29, 0.717) is 0 Å². The molecule has 15 aromatic rings. The van der Waals surface area contributed by atoms with Gasteiger partial charge in [0.2, 0.25) is 0 Å². The summed E-state index contributed by atoms with van der Waals surface area (Å²) < 4.78 is 7.00. The number of hydrogen-bond donors (Lipinski definition) is 0. The van der Waals surface area contributed by atoms with Crippen molar-refractivity contribution in [1.82, 2.24) is 0 Å². The summed E-state index contributed by atoms with van der Waals surface area (Å²) in [5, 5.41) is 11.7. The molecule has 0 aliphatic carbocycles. The third-order valence-corrected chi connectivity index (χ3v) is 17.7. The van der Waals surface area contributed by atoms with Crippen molar-refractivity contribution in [3.63, 3.8) is 0 Å². The van der Waals surface area contributed by atoms with Gasteiger partial charge in [0, 0.05) is 44.6 Å². The molecule has 0 saturated carbocycles. The lowest BCUT2D eigenvalue weighted by molar-refractivity contribution is 0.590. The Bertz CT molecular complexity index is 4770. The van der Waals surface area contributed by atoms with Crippen LogP contribution in [0.5, 0.6) is 0 Å². The smallest absolute Gasteiger partial charge is 0.136 e. The monoisotopic (exact) mass is 1120 g/mol. The average Bonchev–Trinajstić information content (AvgIpc) is 2.02. The molecule has 0 aliphatic rings. The fraction of sp³-hybridized carbons (Fsp3) is 0.0952. The Balaban J connectivity index is 0.853. The number of benzene rings is 14. The number of fused-ring (bicyclic) bond motifs is 7. The molecule has 0 saturated heterocycles. The normalized spacial score (nSPS) is 12.0. The lowest BCUT2D eigenvalue weighted by Gasteiger charge is -2.30. The van der Waals surface area contributed by atoms with Gasteiger partial charge in [-0.25, -0.2) is 0 Å². The fourth-order valence-electron chi connectivity index (χ4n) is 13.0. The van der Waals surface area contributed by atoms with Gasteiger partial charge in [0.15, 0.2) is 0 Å². The highest BCUT2D eigenvalue weighted by Crippen LogP contribution is 2.48. The van der Waals surface area contributed by atoms with Gasteiger partial charge < -0.3 is 14.2 Å². The molecule has 0 aliphatic heterocycles. The minimum atomic E-state index is -0.0412. The summed E-state index contributed by atoms with van der Waals surface area (Å²) in [5.41, 5.74) is 20.2. The first-order valence-corrected chi connectivity index (χ1v) is 30.4. The van der Waals surface area contributed by atoms with E-state index in [2.05, 4.69) is 343 Å². The molecular formula is C84H66N2O. The molecule has 3 nitrogen and oxygen atoms in total. The van der Waals surface area contributed by atoms with E-state index in [1.807, 2.05) is 0 Å². The highest BCUT2D eigenvalue weighted by atomic mass is 16.3. The first-order valence-electron chi connectivity index (χ1n) is 30.4. The second-order valence-corrected chi connectivity index (χ2v) is 25.4. The number of furan rings is 1. The summed E-state index contributed by atoms with van der Waals surface area (Å²) >= 11 is 0. The number of anilines is 6. The van der Waals surface area contributed by atoms with Crippen molar-refractivity contribution >= 4 is 99.2 Å². The molecule has 1 aromatic heterocycles. The first kappa shape index (κ1) is 53.3. The Kier molecular flexibility index (Phi) is 13.0. The van der Waals surface area contributed by atoms with Crippen molar-refractivity contribution < 1.29 is 4.42 Å². The van der Waals surface area contributed by atoms with Crippen molar-refractivity contribution in [2.45, 2.75) is 52.4 Å². The standard InChI is InChI=1S/C84H66N2O/c1-83(2,3)65-37-45-79(75(53-65)57-19-9-7-10-20-57)85(67-39-31-59(32-40-67)73-29-17-25-55-23-13-15-27-71(55)73)69-43-35-61-49-77-78-50-62-36-44-70(48-64(62)52-82(78)87-81(77)51-63(61)47-69)86(80-46-38-66(84(4,5)6)54-76(80)58-21-11-8-12-22-58)68-41-33-60(34-42-68)74-30-18-26-56-24-14-16-28-72(56)74/h7-54H,1-6H3. The lowest BCUT2D eigenvalue weighted by atomic mass is 9.84. The summed E-state index contributed by atoms with van der Waals surface area (Å²) in [7, 11) is 0. The van der Waals surface area contributed by atoms with Crippen molar-refractivity contribution in [3.05, 3.63) is 302 Å². The zero-order valence-corrected chi connectivity index (χ0v) is 50.0. The largest absolute Gasteiger partial charge is 0.456 e. The van der Waals surface area contributed by atoms with Crippen molar-refractivity contribution in [2.75, 3.05) is 9.80 Å². The minimum absolute atomic E-state index is 0.0412. The Labute approximate surface area is 509 Å². The van der Waals surface area contributed by atoms with E-state index in [0.717, 1.165) is 77.6 Å². The molecule has 0 bridgehead atoms. The molecule has 0 atom stereocenters. The molecule has 0 N–H and O–H groups in total. The number of rotatable bonds is 10. The summed E-state index contributed by atoms with van der Waals surface area (Å²) in [6, 6.07) is 107. The van der Waals surface area contributed by atoms with Gasteiger partial charge in [-0.2, -0.15) is 0 Å². The van der Waals surface area contributed by atoms with E-state index in [1.165, 1.54) is 77.2 Å². The van der Waals surface area contributed by atoms with Crippen LogP contribution in [-0.2, 0) is 10.8 Å². The molecule has 3 heteroatoms. The van der Waals surface area contributed by atoms with E-state index in [1.54, 1.807) is 0 Å². The van der Waals surface area contributed by atoms with Gasteiger partial charge >= 0.3 is 0 Å². The third kappa shape index (κ3) is 9.86. The van der Waals surface area contributed by atoms with Crippen LogP contribution in [0.15, 0.2) is 296 Å². The molecule has 418 valence electrons. The highest BCUT2D eigenvalue weighted by molar-refractivity contribution is 6.14. The fourth-order valence-corrected chi connectivity index (χ4v) is 13.0. The van der Waals surface area contributed by atoms with Gasteiger partial charge in [-0.15, -0.1) is 0 Å². The van der Waals surface area contributed by atoms with Crippen molar-refractivity contribution in [1.29, 1.82) is 0 Å². The molecular weight excluding hydrogens is 1050 g/mol. The number of hydrogen-bond acceptors (Lipinski definition) is 3. The van der Waals surface area contributed by atoms with Gasteiger partial charge in [-0.3, -0.25) is 0 Å². The molecule has 0 radical (unpaired) electrons. The zero-order chi connectivity index (χ0) is 59.0. The van der Waals surface area contributed by atoms with E-state index in [-0.39, 0.29) is 10.8 Å². The van der Waals surface area contributed by atoms with Crippen LogP contribution in [0.25, 0.3) is 110 Å². The van der Waals surface area contributed by atoms with Gasteiger partial charge in [-0.1, -0.05) is 236 Å². The van der Waals surface area contributed by atoms with Crippen LogP contribution in [0.2, 0.25) is 0 Å². The van der Waals surface area contributed by atoms with E-state index in [9.17, 15) is 0 Å². The Morgan fingerprint density at radius 2 is 0.609 bits per heavy atom. The van der Waals surface area contributed by atoms with Crippen LogP contribution in [-0.4, -0.2) is 0 Å². The van der Waals surface area contributed by atoms with Crippen molar-refractivity contribution in [3.8, 4) is 44.5 Å². The molecule has 0 amide bonds. The Morgan fingerprint density at radius 1 is 0.241 bits per heavy atom. The molecule has 15 rings (SSSR count). The lowest BCUT2D eigenvalue weighted by Crippen LogP contribution is -2.14. The maximum Gasteiger partial charge on any atom is 0.136 e. The zero-order valence-electron chi connectivity index (χ0n) is 50.0. The average molecular weight is 1120 g/mol. The van der Waals surface area contributed by atoms with Crippen LogP contribution in [0.3, 0.4) is 0 Å². The van der Waals surface area contributed by atoms with Gasteiger partial charge in [0.25, 0.3) is 0 Å². The second kappa shape index (κ2) is 21.2. The van der Waals surface area contributed by atoms with Crippen LogP contribution in [0.4, 0.5) is 34.1 Å². The Morgan fingerprint density at radius 3 is 1.02 bits per heavy atom. The maximum atomic E-state index is 7.00. The van der Waals surface area contributed by atoms with Gasteiger partial charge in [-0.05, 0) is 195 Å². The molecule has 1 heterocycles. The Hall–Kier alpha value is -10.5. The molecule has 0 spiro atoms. The minimum Gasteiger partial charge on any atom is -0.456 e. The van der Waals surface area contributed by atoms with Crippen LogP contribution in [0, 0.1) is 0 Å². The van der Waals surface area contributed by atoms with E-state index in [4.69, 9.17) is 4.42 Å². The van der Waals surface area contributed by atoms with Gasteiger partial charge in [0.05, 0.1) is 11.4 Å². The van der Waals surface area contributed by atoms with E-state index < -0.39 is 0 Å². The SMILES string of the molecule is CC(C)(C)c1ccc(N(c2ccc(-c3cccc4ccccc34)cc2)c2ccc3cc4c(cc3c2)oc2cc3cc(N(c5ccc(-c6cccc7ccccc67)cc5)c5ccc(C(C)(C)C)cc5-c5ccccc5)ccc3cc24)c(-c2ccccc2)c1. The summed E-state index contributed by atoms with van der Waals surface area (Å²) in [5.74, 6) is 0. The molecule has 87 heavy (non-hydrogen) atoms. The second-order valence-electron chi connectivity index (χ2n) is 25.4. The first-order chi connectivity index (χ1) is 42.4. The van der Waals surface area contributed by atoms with Crippen molar-refractivity contribution in [2.24, 2.45) is 0 Å². The predicted molar refractivity (Wildman–Crippen MR) is 372 cm³/mol. The van der Waals surface area contributed by atoms with Crippen LogP contribution in [0.1, 0.15) is 52.7 Å². The topological polar surface area (TPSA) is 19.6 Å². The number of nitrogens with zero attached hydrogens (tertiary/aromatic N) is 2. The summed E-state index contributed by atoms with van der Waals surface area (Å²) in [6.07, 6.45) is 0. The maximum absolute atomic E-state index is 7.00. The van der Waals surface area contributed by atoms with Gasteiger partial charge in [0.1, 0.15) is 11.2 Å². The highest BCUT2D eigenvalue weighted by Gasteiger charge is 2.25.